The van der Waals surface area contributed by atoms with E-state index in [1.54, 1.807) is 0 Å². The molecule has 0 saturated heterocycles. The topological polar surface area (TPSA) is 85.2 Å². The van der Waals surface area contributed by atoms with E-state index in [1.165, 1.54) is 22.3 Å². The first-order valence-electron chi connectivity index (χ1n) is 11.8. The van der Waals surface area contributed by atoms with Gasteiger partial charge in [-0.3, -0.25) is 0 Å². The lowest BCUT2D eigenvalue weighted by atomic mass is 9.95. The number of imidazole rings is 1. The molecule has 0 fully saturated rings. The second-order valence-electron chi connectivity index (χ2n) is 9.50. The number of rotatable bonds is 4. The minimum absolute atomic E-state index is 0.243. The van der Waals surface area contributed by atoms with Crippen LogP contribution in [-0.2, 0) is 6.42 Å². The monoisotopic (exact) mass is 449 g/mol. The van der Waals surface area contributed by atoms with Crippen molar-refractivity contribution in [1.82, 2.24) is 35.2 Å². The largest absolute Gasteiger partial charge is 0.305 e. The number of pyridine rings is 1. The van der Waals surface area contributed by atoms with E-state index in [9.17, 15) is 0 Å². The van der Waals surface area contributed by atoms with Gasteiger partial charge in [0.05, 0.1) is 6.04 Å². The van der Waals surface area contributed by atoms with Gasteiger partial charge in [-0.05, 0) is 65.8 Å². The van der Waals surface area contributed by atoms with Gasteiger partial charge < -0.3 is 4.57 Å². The van der Waals surface area contributed by atoms with Gasteiger partial charge in [0.2, 0.25) is 5.82 Å². The molecule has 0 spiro atoms. The van der Waals surface area contributed by atoms with Gasteiger partial charge in [-0.15, -0.1) is 10.2 Å². The third-order valence-electron chi connectivity index (χ3n) is 6.84. The number of aromatic amines is 1. The summed E-state index contributed by atoms with van der Waals surface area (Å²) in [6.45, 7) is 8.63. The van der Waals surface area contributed by atoms with Crippen molar-refractivity contribution >= 4 is 11.2 Å². The van der Waals surface area contributed by atoms with Crippen LogP contribution in [0.4, 0.5) is 0 Å². The number of hydrogen-bond donors (Lipinski definition) is 1. The summed E-state index contributed by atoms with van der Waals surface area (Å²) in [6.07, 6.45) is 2.07. The van der Waals surface area contributed by atoms with Crippen LogP contribution in [0.25, 0.3) is 33.7 Å². The molecular weight excluding hydrogens is 422 g/mol. The van der Waals surface area contributed by atoms with Crippen LogP contribution >= 0.6 is 0 Å². The molecule has 3 heterocycles. The Morgan fingerprint density at radius 1 is 1.00 bits per heavy atom. The van der Waals surface area contributed by atoms with E-state index < -0.39 is 0 Å². The second-order valence-corrected chi connectivity index (χ2v) is 9.50. The summed E-state index contributed by atoms with van der Waals surface area (Å²) in [4.78, 5) is 9.99. The predicted octanol–water partition coefficient (Wildman–Crippen LogP) is 5.55. The Labute approximate surface area is 198 Å². The molecule has 34 heavy (non-hydrogen) atoms. The first kappa shape index (κ1) is 20.7. The summed E-state index contributed by atoms with van der Waals surface area (Å²) in [5.41, 5.74) is 10.3. The number of benzene rings is 2. The van der Waals surface area contributed by atoms with Gasteiger partial charge in [-0.25, -0.2) is 9.97 Å². The summed E-state index contributed by atoms with van der Waals surface area (Å²) in [5.74, 6) is 2.04. The van der Waals surface area contributed by atoms with Crippen molar-refractivity contribution in [1.29, 1.82) is 0 Å². The zero-order valence-electron chi connectivity index (χ0n) is 19.9. The maximum absolute atomic E-state index is 5.05. The lowest BCUT2D eigenvalue weighted by molar-refractivity contribution is 0.547. The third kappa shape index (κ3) is 3.22. The number of aromatic nitrogens is 7. The van der Waals surface area contributed by atoms with Crippen LogP contribution in [0.2, 0.25) is 0 Å². The van der Waals surface area contributed by atoms with E-state index in [1.807, 2.05) is 12.1 Å². The first-order valence-corrected chi connectivity index (χ1v) is 11.8. The molecule has 1 atom stereocenters. The second kappa shape index (κ2) is 7.87. The lowest BCUT2D eigenvalue weighted by Gasteiger charge is -2.20. The Morgan fingerprint density at radius 2 is 1.82 bits per heavy atom. The number of tetrazole rings is 1. The molecule has 0 aliphatic heterocycles. The van der Waals surface area contributed by atoms with Crippen molar-refractivity contribution in [3.63, 3.8) is 0 Å². The summed E-state index contributed by atoms with van der Waals surface area (Å²) in [6, 6.07) is 17.4. The highest BCUT2D eigenvalue weighted by atomic mass is 15.5. The van der Waals surface area contributed by atoms with Crippen molar-refractivity contribution in [3.05, 3.63) is 76.7 Å². The molecule has 0 radical (unpaired) electrons. The van der Waals surface area contributed by atoms with E-state index in [-0.39, 0.29) is 6.04 Å². The van der Waals surface area contributed by atoms with Crippen LogP contribution in [0.5, 0.6) is 0 Å². The predicted molar refractivity (Wildman–Crippen MR) is 133 cm³/mol. The van der Waals surface area contributed by atoms with Gasteiger partial charge in [-0.1, -0.05) is 56.3 Å². The molecule has 7 nitrogen and oxygen atoms in total. The Kier molecular flexibility index (Phi) is 4.79. The highest BCUT2D eigenvalue weighted by Gasteiger charge is 2.30. The van der Waals surface area contributed by atoms with Gasteiger partial charge in [0.25, 0.3) is 0 Å². The van der Waals surface area contributed by atoms with Crippen LogP contribution in [0.15, 0.2) is 48.5 Å². The zero-order chi connectivity index (χ0) is 23.4. The minimum atomic E-state index is 0.243. The summed E-state index contributed by atoms with van der Waals surface area (Å²) in [5, 5.41) is 14.7. The summed E-state index contributed by atoms with van der Waals surface area (Å²) < 4.78 is 2.40. The maximum atomic E-state index is 5.05. The van der Waals surface area contributed by atoms with Crippen molar-refractivity contribution in [2.24, 2.45) is 0 Å². The maximum Gasteiger partial charge on any atom is 0.205 e. The Bertz CT molecular complexity index is 1510. The van der Waals surface area contributed by atoms with Crippen LogP contribution < -0.4 is 0 Å². The third-order valence-corrected chi connectivity index (χ3v) is 6.84. The number of nitrogens with zero attached hydrogens (tertiary/aromatic N) is 6. The lowest BCUT2D eigenvalue weighted by Crippen LogP contribution is -2.13. The highest BCUT2D eigenvalue weighted by molar-refractivity contribution is 5.81. The molecular formula is C27H27N7. The molecule has 1 unspecified atom stereocenters. The number of nitrogens with one attached hydrogen (secondary N) is 1. The summed E-state index contributed by atoms with van der Waals surface area (Å²) >= 11 is 0. The van der Waals surface area contributed by atoms with E-state index >= 15 is 0 Å². The van der Waals surface area contributed by atoms with Crippen LogP contribution in [-0.4, -0.2) is 35.2 Å². The van der Waals surface area contributed by atoms with E-state index in [4.69, 9.17) is 9.97 Å². The highest BCUT2D eigenvalue weighted by Crippen LogP contribution is 2.41. The van der Waals surface area contributed by atoms with Crippen molar-refractivity contribution in [3.8, 4) is 22.5 Å². The SMILES string of the molecule is Cc1cc(C)c2nc(C(C)C)n(C3CCc4cc(-c5ccccc5-c5nn[nH]n5)ccc43)c2n1. The quantitative estimate of drug-likeness (QED) is 0.389. The van der Waals surface area contributed by atoms with Crippen molar-refractivity contribution < 1.29 is 0 Å². The van der Waals surface area contributed by atoms with Gasteiger partial charge in [0.15, 0.2) is 5.65 Å². The molecule has 7 heteroatoms. The molecule has 1 aliphatic rings. The Balaban J connectivity index is 1.47. The van der Waals surface area contributed by atoms with Crippen molar-refractivity contribution in [2.75, 3.05) is 0 Å². The average Bonchev–Trinajstić information content (AvgIpc) is 3.57. The number of aryl methyl sites for hydroxylation is 3. The molecule has 0 amide bonds. The molecule has 1 aliphatic carbocycles. The van der Waals surface area contributed by atoms with Crippen LogP contribution in [0.1, 0.15) is 60.4 Å². The normalized spacial score (nSPS) is 15.4. The molecule has 170 valence electrons. The first-order chi connectivity index (χ1) is 16.5. The van der Waals surface area contributed by atoms with E-state index in [0.29, 0.717) is 11.7 Å². The number of H-pyrrole nitrogens is 1. The van der Waals surface area contributed by atoms with Gasteiger partial charge in [0, 0.05) is 17.2 Å². The standard InChI is InChI=1S/C27H27N7/c1-15(2)26-29-24-16(3)13-17(4)28-27(24)34(26)23-12-10-19-14-18(9-11-21(19)23)20-7-5-6-8-22(20)25-30-32-33-31-25/h5-9,11,13-15,23H,10,12H2,1-4H3,(H,30,31,32,33). The minimum Gasteiger partial charge on any atom is -0.305 e. The van der Waals surface area contributed by atoms with Crippen LogP contribution in [0.3, 0.4) is 0 Å². The molecule has 0 saturated carbocycles. The molecule has 0 bridgehead atoms. The molecule has 3 aromatic heterocycles. The average molecular weight is 450 g/mol. The Morgan fingerprint density at radius 3 is 2.59 bits per heavy atom. The van der Waals surface area contributed by atoms with Crippen molar-refractivity contribution in [2.45, 2.75) is 52.5 Å². The van der Waals surface area contributed by atoms with Gasteiger partial charge in [0.1, 0.15) is 11.3 Å². The zero-order valence-corrected chi connectivity index (χ0v) is 19.9. The van der Waals surface area contributed by atoms with E-state index in [0.717, 1.165) is 46.7 Å². The number of hydrogen-bond acceptors (Lipinski definition) is 5. The fraction of sp³-hybridized carbons (Fsp3) is 0.296. The van der Waals surface area contributed by atoms with Gasteiger partial charge in [-0.2, -0.15) is 5.21 Å². The molecule has 5 aromatic rings. The smallest absolute Gasteiger partial charge is 0.205 e. The Hall–Kier alpha value is -3.87. The molecule has 2 aromatic carbocycles. The van der Waals surface area contributed by atoms with Crippen LogP contribution in [0, 0.1) is 13.8 Å². The fourth-order valence-corrected chi connectivity index (χ4v) is 5.34. The fourth-order valence-electron chi connectivity index (χ4n) is 5.34. The molecule has 6 rings (SSSR count). The number of fused-ring (bicyclic) bond motifs is 2. The summed E-state index contributed by atoms with van der Waals surface area (Å²) in [7, 11) is 0. The molecule has 1 N–H and O–H groups in total. The van der Waals surface area contributed by atoms with Gasteiger partial charge >= 0.3 is 0 Å². The van der Waals surface area contributed by atoms with E-state index in [2.05, 4.69) is 89.3 Å².